The van der Waals surface area contributed by atoms with Crippen molar-refractivity contribution in [2.75, 3.05) is 19.7 Å². The maximum absolute atomic E-state index is 8.81. The Morgan fingerprint density at radius 2 is 2.36 bits per heavy atom. The Morgan fingerprint density at radius 1 is 1.57 bits per heavy atom. The van der Waals surface area contributed by atoms with E-state index in [2.05, 4.69) is 17.9 Å². The van der Waals surface area contributed by atoms with E-state index in [1.165, 1.54) is 16.2 Å². The summed E-state index contributed by atoms with van der Waals surface area (Å²) in [5.74, 6) is 0. The van der Waals surface area contributed by atoms with Crippen molar-refractivity contribution in [3.63, 3.8) is 0 Å². The molecular weight excluding hydrogens is 196 g/mol. The van der Waals surface area contributed by atoms with E-state index in [1.54, 1.807) is 0 Å². The third-order valence-electron chi connectivity index (χ3n) is 2.01. The lowest BCUT2D eigenvalue weighted by Gasteiger charge is -2.17. The van der Waals surface area contributed by atoms with Crippen LogP contribution in [0, 0.1) is 11.3 Å². The summed E-state index contributed by atoms with van der Waals surface area (Å²) in [7, 11) is 0. The number of nitrogens with zero attached hydrogens (tertiary/aromatic N) is 2. The Hall–Kier alpha value is -0.890. The number of thiophene rings is 1. The molecule has 0 radical (unpaired) electrons. The summed E-state index contributed by atoms with van der Waals surface area (Å²) in [4.78, 5) is 4.07. The van der Waals surface area contributed by atoms with Gasteiger partial charge >= 0.3 is 0 Å². The fourth-order valence-corrected chi connectivity index (χ4v) is 2.08. The third-order valence-corrected chi connectivity index (χ3v) is 2.99. The second-order valence-corrected chi connectivity index (χ2v) is 4.14. The predicted molar refractivity (Wildman–Crippen MR) is 57.1 cm³/mol. The van der Waals surface area contributed by atoms with Crippen molar-refractivity contribution in [3.05, 3.63) is 21.9 Å². The molecule has 0 amide bonds. The number of hydrogen-bond acceptors (Lipinski definition) is 4. The number of aliphatic hydroxyl groups is 1. The van der Waals surface area contributed by atoms with Crippen LogP contribution < -0.4 is 0 Å². The molecule has 1 rings (SSSR count). The highest BCUT2D eigenvalue weighted by Gasteiger charge is 2.05. The second kappa shape index (κ2) is 5.76. The zero-order chi connectivity index (χ0) is 10.4. The molecule has 0 saturated heterocycles. The molecule has 4 heteroatoms. The van der Waals surface area contributed by atoms with E-state index < -0.39 is 0 Å². The van der Waals surface area contributed by atoms with Gasteiger partial charge in [-0.15, -0.1) is 11.3 Å². The standard InChI is InChI=1S/C10H14N2OS/c1-2-12(5-6-13)8-10-4-3-9(7-11)14-10/h3-4,13H,2,5-6,8H2,1H3. The monoisotopic (exact) mass is 210 g/mol. The molecule has 0 saturated carbocycles. The first-order valence-electron chi connectivity index (χ1n) is 4.62. The Labute approximate surface area is 88.2 Å². The van der Waals surface area contributed by atoms with Gasteiger partial charge in [-0.3, -0.25) is 4.90 Å². The minimum absolute atomic E-state index is 0.185. The molecule has 0 aromatic carbocycles. The SMILES string of the molecule is CCN(CCO)Cc1ccc(C#N)s1. The number of likely N-dealkylation sites (N-methyl/N-ethyl adjacent to an activating group) is 1. The van der Waals surface area contributed by atoms with E-state index in [0.717, 1.165) is 18.0 Å². The lowest BCUT2D eigenvalue weighted by molar-refractivity contribution is 0.198. The van der Waals surface area contributed by atoms with Gasteiger partial charge in [0.05, 0.1) is 6.61 Å². The van der Waals surface area contributed by atoms with Crippen LogP contribution in [-0.4, -0.2) is 29.7 Å². The van der Waals surface area contributed by atoms with Gasteiger partial charge in [-0.25, -0.2) is 0 Å². The van der Waals surface area contributed by atoms with Crippen LogP contribution in [0.2, 0.25) is 0 Å². The first-order valence-corrected chi connectivity index (χ1v) is 5.43. The van der Waals surface area contributed by atoms with Crippen molar-refractivity contribution in [1.82, 2.24) is 4.90 Å². The van der Waals surface area contributed by atoms with Gasteiger partial charge in [0, 0.05) is 18.0 Å². The predicted octanol–water partition coefficient (Wildman–Crippen LogP) is 1.43. The zero-order valence-electron chi connectivity index (χ0n) is 8.23. The lowest BCUT2D eigenvalue weighted by atomic mass is 10.4. The normalized spacial score (nSPS) is 10.4. The van der Waals surface area contributed by atoms with Crippen molar-refractivity contribution in [1.29, 1.82) is 5.26 Å². The minimum Gasteiger partial charge on any atom is -0.395 e. The highest BCUT2D eigenvalue weighted by Crippen LogP contribution is 2.16. The molecule has 1 aromatic rings. The third kappa shape index (κ3) is 3.11. The lowest BCUT2D eigenvalue weighted by Crippen LogP contribution is -2.25. The molecule has 3 nitrogen and oxygen atoms in total. The summed E-state index contributed by atoms with van der Waals surface area (Å²) < 4.78 is 0. The van der Waals surface area contributed by atoms with Crippen LogP contribution in [0.4, 0.5) is 0 Å². The number of rotatable bonds is 5. The Morgan fingerprint density at radius 3 is 2.86 bits per heavy atom. The Balaban J connectivity index is 2.54. The molecule has 0 fully saturated rings. The number of aliphatic hydroxyl groups excluding tert-OH is 1. The quantitative estimate of drug-likeness (QED) is 0.800. The van der Waals surface area contributed by atoms with Gasteiger partial charge in [-0.1, -0.05) is 6.92 Å². The van der Waals surface area contributed by atoms with Crippen molar-refractivity contribution in [2.24, 2.45) is 0 Å². The summed E-state index contributed by atoms with van der Waals surface area (Å²) in [5, 5.41) is 17.5. The molecule has 0 bridgehead atoms. The van der Waals surface area contributed by atoms with Crippen molar-refractivity contribution in [3.8, 4) is 6.07 Å². The van der Waals surface area contributed by atoms with E-state index in [9.17, 15) is 0 Å². The van der Waals surface area contributed by atoms with Gasteiger partial charge in [0.25, 0.3) is 0 Å². The van der Waals surface area contributed by atoms with Crippen LogP contribution in [0.5, 0.6) is 0 Å². The van der Waals surface area contributed by atoms with Crippen LogP contribution in [0.15, 0.2) is 12.1 Å². The molecule has 76 valence electrons. The summed E-state index contributed by atoms with van der Waals surface area (Å²) in [5.41, 5.74) is 0. The van der Waals surface area contributed by atoms with Gasteiger partial charge in [0.2, 0.25) is 0 Å². The van der Waals surface area contributed by atoms with Gasteiger partial charge in [0.15, 0.2) is 0 Å². The average Bonchev–Trinajstić information content (AvgIpc) is 2.65. The van der Waals surface area contributed by atoms with E-state index in [0.29, 0.717) is 6.54 Å². The van der Waals surface area contributed by atoms with Gasteiger partial charge in [-0.2, -0.15) is 5.26 Å². The summed E-state index contributed by atoms with van der Waals surface area (Å²) in [6, 6.07) is 5.94. The van der Waals surface area contributed by atoms with Gasteiger partial charge in [-0.05, 0) is 18.7 Å². The average molecular weight is 210 g/mol. The molecular formula is C10H14N2OS. The largest absolute Gasteiger partial charge is 0.395 e. The molecule has 1 heterocycles. The maximum Gasteiger partial charge on any atom is 0.110 e. The maximum atomic E-state index is 8.81. The first kappa shape index (κ1) is 11.2. The highest BCUT2D eigenvalue weighted by atomic mass is 32.1. The van der Waals surface area contributed by atoms with E-state index >= 15 is 0 Å². The van der Waals surface area contributed by atoms with Crippen LogP contribution in [0.1, 0.15) is 16.7 Å². The number of nitriles is 1. The molecule has 0 atom stereocenters. The molecule has 0 spiro atoms. The molecule has 14 heavy (non-hydrogen) atoms. The minimum atomic E-state index is 0.185. The molecule has 0 aliphatic heterocycles. The van der Waals surface area contributed by atoms with E-state index in [1.807, 2.05) is 12.1 Å². The molecule has 0 aliphatic rings. The van der Waals surface area contributed by atoms with Crippen LogP contribution >= 0.6 is 11.3 Å². The molecule has 0 aliphatic carbocycles. The van der Waals surface area contributed by atoms with Crippen molar-refractivity contribution in [2.45, 2.75) is 13.5 Å². The Kier molecular flexibility index (Phi) is 4.60. The first-order chi connectivity index (χ1) is 6.80. The van der Waals surface area contributed by atoms with Crippen molar-refractivity contribution >= 4 is 11.3 Å². The van der Waals surface area contributed by atoms with Crippen LogP contribution in [0.3, 0.4) is 0 Å². The van der Waals surface area contributed by atoms with Gasteiger partial charge in [0.1, 0.15) is 10.9 Å². The topological polar surface area (TPSA) is 47.3 Å². The molecule has 1 N–H and O–H groups in total. The van der Waals surface area contributed by atoms with Crippen molar-refractivity contribution < 1.29 is 5.11 Å². The molecule has 1 aromatic heterocycles. The summed E-state index contributed by atoms with van der Waals surface area (Å²) in [6.45, 7) is 4.68. The highest BCUT2D eigenvalue weighted by molar-refractivity contribution is 7.12. The van der Waals surface area contributed by atoms with Gasteiger partial charge < -0.3 is 5.11 Å². The smallest absolute Gasteiger partial charge is 0.110 e. The second-order valence-electron chi connectivity index (χ2n) is 2.97. The van der Waals surface area contributed by atoms with E-state index in [-0.39, 0.29) is 6.61 Å². The fraction of sp³-hybridized carbons (Fsp3) is 0.500. The summed E-state index contributed by atoms with van der Waals surface area (Å²) >= 11 is 1.52. The fourth-order valence-electron chi connectivity index (χ4n) is 1.23. The van der Waals surface area contributed by atoms with Crippen LogP contribution in [-0.2, 0) is 6.54 Å². The summed E-state index contributed by atoms with van der Waals surface area (Å²) in [6.07, 6.45) is 0. The number of hydrogen-bond donors (Lipinski definition) is 1. The van der Waals surface area contributed by atoms with E-state index in [4.69, 9.17) is 10.4 Å². The Bertz CT molecular complexity index is 316. The van der Waals surface area contributed by atoms with Crippen LogP contribution in [0.25, 0.3) is 0 Å². The zero-order valence-corrected chi connectivity index (χ0v) is 9.05. The molecule has 0 unspecified atom stereocenters.